The summed E-state index contributed by atoms with van der Waals surface area (Å²) in [7, 11) is 0. The number of rotatable bonds is 4. The largest absolute Gasteiger partial charge is 0.354 e. The van der Waals surface area contributed by atoms with Crippen LogP contribution in [0.4, 0.5) is 17.1 Å². The van der Waals surface area contributed by atoms with Gasteiger partial charge in [0.15, 0.2) is 0 Å². The summed E-state index contributed by atoms with van der Waals surface area (Å²) in [6, 6.07) is 15.1. The molecule has 1 aromatic heterocycles. The summed E-state index contributed by atoms with van der Waals surface area (Å²) < 4.78 is 0. The first-order chi connectivity index (χ1) is 12.0. The van der Waals surface area contributed by atoms with Gasteiger partial charge in [0.25, 0.3) is 5.91 Å². The number of aryl methyl sites for hydroxylation is 2. The number of halogens is 1. The molecule has 3 aromatic rings. The molecule has 2 N–H and O–H groups in total. The first-order valence-corrected chi connectivity index (χ1v) is 8.26. The molecule has 2 aromatic carbocycles. The second-order valence-electron chi connectivity index (χ2n) is 5.82. The van der Waals surface area contributed by atoms with E-state index in [9.17, 15) is 4.79 Å². The fourth-order valence-electron chi connectivity index (χ4n) is 2.38. The van der Waals surface area contributed by atoms with Crippen LogP contribution in [0.5, 0.6) is 0 Å². The van der Waals surface area contributed by atoms with Crippen LogP contribution in [-0.2, 0) is 0 Å². The third kappa shape index (κ3) is 4.17. The highest BCUT2D eigenvalue weighted by Crippen LogP contribution is 2.23. The average molecular weight is 352 g/mol. The van der Waals surface area contributed by atoms with E-state index in [-0.39, 0.29) is 5.91 Å². The number of benzene rings is 2. The van der Waals surface area contributed by atoms with E-state index in [1.807, 2.05) is 56.3 Å². The van der Waals surface area contributed by atoms with Gasteiger partial charge in [0.2, 0.25) is 0 Å². The van der Waals surface area contributed by atoms with Gasteiger partial charge >= 0.3 is 0 Å². The highest BCUT2D eigenvalue weighted by atomic mass is 35.5. The van der Waals surface area contributed by atoms with E-state index >= 15 is 0 Å². The van der Waals surface area contributed by atoms with Gasteiger partial charge in [-0.25, -0.2) is 0 Å². The van der Waals surface area contributed by atoms with E-state index in [1.165, 1.54) is 0 Å². The van der Waals surface area contributed by atoms with E-state index in [4.69, 9.17) is 11.6 Å². The van der Waals surface area contributed by atoms with Crippen LogP contribution < -0.4 is 10.6 Å². The number of pyridine rings is 1. The van der Waals surface area contributed by atoms with Crippen molar-refractivity contribution in [2.45, 2.75) is 13.8 Å². The molecule has 1 amide bonds. The topological polar surface area (TPSA) is 54.0 Å². The van der Waals surface area contributed by atoms with Gasteiger partial charge in [0.1, 0.15) is 0 Å². The number of amides is 1. The zero-order valence-electron chi connectivity index (χ0n) is 14.0. The SMILES string of the molecule is Cc1ccc(Nc2cncc(C(=O)Nc3ccccc3C)c2)cc1Cl. The molecular weight excluding hydrogens is 334 g/mol. The molecule has 0 aliphatic rings. The minimum atomic E-state index is -0.201. The number of hydrogen-bond acceptors (Lipinski definition) is 3. The van der Waals surface area contributed by atoms with Crippen molar-refractivity contribution in [1.82, 2.24) is 4.98 Å². The Labute approximate surface area is 151 Å². The maximum absolute atomic E-state index is 12.5. The number of aromatic nitrogens is 1. The molecule has 0 atom stereocenters. The van der Waals surface area contributed by atoms with Crippen molar-refractivity contribution in [2.24, 2.45) is 0 Å². The highest BCUT2D eigenvalue weighted by Gasteiger charge is 2.09. The van der Waals surface area contributed by atoms with Gasteiger partial charge in [-0.2, -0.15) is 0 Å². The van der Waals surface area contributed by atoms with Gasteiger partial charge < -0.3 is 10.6 Å². The second-order valence-corrected chi connectivity index (χ2v) is 6.23. The summed E-state index contributed by atoms with van der Waals surface area (Å²) in [5.74, 6) is -0.201. The summed E-state index contributed by atoms with van der Waals surface area (Å²) in [5, 5.41) is 6.81. The first kappa shape index (κ1) is 17.0. The minimum absolute atomic E-state index is 0.201. The van der Waals surface area contributed by atoms with Gasteiger partial charge in [-0.15, -0.1) is 0 Å². The van der Waals surface area contributed by atoms with Crippen LogP contribution in [0, 0.1) is 13.8 Å². The number of carbonyl (C=O) groups excluding carboxylic acids is 1. The van der Waals surface area contributed by atoms with Crippen molar-refractivity contribution in [3.05, 3.63) is 82.6 Å². The molecule has 0 unspecified atom stereocenters. The van der Waals surface area contributed by atoms with Crippen LogP contribution in [0.1, 0.15) is 21.5 Å². The molecule has 0 aliphatic carbocycles. The molecule has 3 rings (SSSR count). The Morgan fingerprint density at radius 2 is 1.76 bits per heavy atom. The number of anilines is 3. The van der Waals surface area contributed by atoms with Gasteiger partial charge in [0.05, 0.1) is 17.4 Å². The fraction of sp³-hybridized carbons (Fsp3) is 0.100. The molecular formula is C20H18ClN3O. The third-order valence-corrected chi connectivity index (χ3v) is 4.26. The van der Waals surface area contributed by atoms with Crippen molar-refractivity contribution in [2.75, 3.05) is 10.6 Å². The maximum Gasteiger partial charge on any atom is 0.257 e. The molecule has 0 radical (unpaired) electrons. The molecule has 5 heteroatoms. The molecule has 0 spiro atoms. The number of para-hydroxylation sites is 1. The summed E-state index contributed by atoms with van der Waals surface area (Å²) in [5.41, 5.74) is 4.85. The quantitative estimate of drug-likeness (QED) is 0.666. The number of nitrogens with zero attached hydrogens (tertiary/aromatic N) is 1. The van der Waals surface area contributed by atoms with E-state index in [1.54, 1.807) is 18.5 Å². The predicted octanol–water partition coefficient (Wildman–Crippen LogP) is 5.35. The first-order valence-electron chi connectivity index (χ1n) is 7.88. The second kappa shape index (κ2) is 7.36. The van der Waals surface area contributed by atoms with Crippen molar-refractivity contribution >= 4 is 34.6 Å². The summed E-state index contributed by atoms with van der Waals surface area (Å²) in [6.45, 7) is 3.90. The van der Waals surface area contributed by atoms with Crippen LogP contribution >= 0.6 is 11.6 Å². The van der Waals surface area contributed by atoms with Crippen LogP contribution in [-0.4, -0.2) is 10.9 Å². The Morgan fingerprint density at radius 3 is 2.52 bits per heavy atom. The standard InChI is InChI=1S/C20H18ClN3O/c1-13-7-8-16(10-18(13)21)23-17-9-15(11-22-12-17)20(25)24-19-6-4-3-5-14(19)2/h3-12,23H,1-2H3,(H,24,25). The normalized spacial score (nSPS) is 10.4. The lowest BCUT2D eigenvalue weighted by atomic mass is 10.2. The Bertz CT molecular complexity index is 924. The van der Waals surface area contributed by atoms with E-state index in [0.29, 0.717) is 10.6 Å². The van der Waals surface area contributed by atoms with Crippen LogP contribution in [0.25, 0.3) is 0 Å². The molecule has 0 fully saturated rings. The Hall–Kier alpha value is -2.85. The summed E-state index contributed by atoms with van der Waals surface area (Å²) in [6.07, 6.45) is 3.21. The van der Waals surface area contributed by atoms with Crippen LogP contribution in [0.15, 0.2) is 60.9 Å². The van der Waals surface area contributed by atoms with E-state index < -0.39 is 0 Å². The fourth-order valence-corrected chi connectivity index (χ4v) is 2.56. The van der Waals surface area contributed by atoms with Crippen molar-refractivity contribution in [3.63, 3.8) is 0 Å². The molecule has 25 heavy (non-hydrogen) atoms. The Morgan fingerprint density at radius 1 is 0.960 bits per heavy atom. The Kier molecular flexibility index (Phi) is 5.00. The molecule has 0 saturated heterocycles. The van der Waals surface area contributed by atoms with Crippen molar-refractivity contribution < 1.29 is 4.79 Å². The van der Waals surface area contributed by atoms with Crippen molar-refractivity contribution in [1.29, 1.82) is 0 Å². The van der Waals surface area contributed by atoms with Gasteiger partial charge in [-0.05, 0) is 49.2 Å². The van der Waals surface area contributed by atoms with Gasteiger partial charge in [-0.3, -0.25) is 9.78 Å². The zero-order chi connectivity index (χ0) is 17.8. The van der Waals surface area contributed by atoms with Crippen LogP contribution in [0.2, 0.25) is 5.02 Å². The predicted molar refractivity (Wildman–Crippen MR) is 103 cm³/mol. The monoisotopic (exact) mass is 351 g/mol. The van der Waals surface area contributed by atoms with Gasteiger partial charge in [0, 0.05) is 22.6 Å². The van der Waals surface area contributed by atoms with Crippen LogP contribution in [0.3, 0.4) is 0 Å². The molecule has 126 valence electrons. The average Bonchev–Trinajstić information content (AvgIpc) is 2.60. The molecule has 0 aliphatic heterocycles. The van der Waals surface area contributed by atoms with E-state index in [2.05, 4.69) is 15.6 Å². The maximum atomic E-state index is 12.5. The smallest absolute Gasteiger partial charge is 0.257 e. The van der Waals surface area contributed by atoms with Gasteiger partial charge in [-0.1, -0.05) is 35.9 Å². The Balaban J connectivity index is 1.77. The van der Waals surface area contributed by atoms with Crippen molar-refractivity contribution in [3.8, 4) is 0 Å². The molecule has 4 nitrogen and oxygen atoms in total. The highest BCUT2D eigenvalue weighted by molar-refractivity contribution is 6.31. The minimum Gasteiger partial charge on any atom is -0.354 e. The zero-order valence-corrected chi connectivity index (χ0v) is 14.8. The lowest BCUT2D eigenvalue weighted by Crippen LogP contribution is -2.13. The number of hydrogen-bond donors (Lipinski definition) is 2. The summed E-state index contributed by atoms with van der Waals surface area (Å²) in [4.78, 5) is 16.6. The van der Waals surface area contributed by atoms with E-state index in [0.717, 1.165) is 28.2 Å². The third-order valence-electron chi connectivity index (χ3n) is 3.85. The molecule has 0 saturated carbocycles. The molecule has 0 bridgehead atoms. The summed E-state index contributed by atoms with van der Waals surface area (Å²) >= 11 is 6.15. The number of nitrogens with one attached hydrogen (secondary N) is 2. The lowest BCUT2D eigenvalue weighted by Gasteiger charge is -2.10. The lowest BCUT2D eigenvalue weighted by molar-refractivity contribution is 0.102. The molecule has 1 heterocycles. The number of carbonyl (C=O) groups is 1.